The lowest BCUT2D eigenvalue weighted by atomic mass is 9.75. The number of alkyl halides is 3. The zero-order valence-electron chi connectivity index (χ0n) is 16.7. The second-order valence-corrected chi connectivity index (χ2v) is 8.80. The second kappa shape index (κ2) is 9.79. The molecule has 0 bridgehead atoms. The first-order valence-corrected chi connectivity index (χ1v) is 10.9. The molecule has 3 rings (SSSR count). The van der Waals surface area contributed by atoms with Crippen LogP contribution >= 0.6 is 0 Å². The first kappa shape index (κ1) is 21.9. The van der Waals surface area contributed by atoms with Crippen molar-refractivity contribution < 1.29 is 32.2 Å². The van der Waals surface area contributed by atoms with Gasteiger partial charge in [-0.15, -0.1) is 0 Å². The van der Waals surface area contributed by atoms with Gasteiger partial charge in [0.15, 0.2) is 6.29 Å². The van der Waals surface area contributed by atoms with E-state index in [1.807, 2.05) is 0 Å². The average molecular weight is 406 g/mol. The molecule has 28 heavy (non-hydrogen) atoms. The van der Waals surface area contributed by atoms with Crippen LogP contribution in [0.2, 0.25) is 0 Å². The van der Waals surface area contributed by atoms with Crippen LogP contribution in [0.5, 0.6) is 0 Å². The van der Waals surface area contributed by atoms with Crippen LogP contribution in [0.1, 0.15) is 71.1 Å². The quantitative estimate of drug-likeness (QED) is 0.585. The summed E-state index contributed by atoms with van der Waals surface area (Å²) in [7, 11) is 0. The summed E-state index contributed by atoms with van der Waals surface area (Å²) >= 11 is 0. The highest BCUT2D eigenvalue weighted by atomic mass is 19.4. The molecule has 0 atom stereocenters. The molecule has 0 amide bonds. The van der Waals surface area contributed by atoms with E-state index < -0.39 is 18.2 Å². The maximum absolute atomic E-state index is 12.3. The topological polar surface area (TPSA) is 44.8 Å². The van der Waals surface area contributed by atoms with Gasteiger partial charge in [-0.3, -0.25) is 0 Å². The van der Waals surface area contributed by atoms with Crippen molar-refractivity contribution in [1.82, 2.24) is 0 Å². The molecule has 1 aliphatic heterocycles. The van der Waals surface area contributed by atoms with Crippen molar-refractivity contribution in [2.75, 3.05) is 13.2 Å². The van der Waals surface area contributed by atoms with Crippen molar-refractivity contribution in [3.8, 4) is 0 Å². The molecule has 0 aromatic carbocycles. The van der Waals surface area contributed by atoms with Gasteiger partial charge >= 0.3 is 12.1 Å². The molecule has 2 saturated carbocycles. The monoisotopic (exact) mass is 406 g/mol. The van der Waals surface area contributed by atoms with Gasteiger partial charge in [0, 0.05) is 11.8 Å². The molecule has 3 aliphatic rings. The van der Waals surface area contributed by atoms with Gasteiger partial charge in [0.05, 0.1) is 13.2 Å². The number of hydrogen-bond donors (Lipinski definition) is 0. The van der Waals surface area contributed by atoms with Gasteiger partial charge in [0.1, 0.15) is 6.10 Å². The molecule has 1 heterocycles. The summed E-state index contributed by atoms with van der Waals surface area (Å²) in [4.78, 5) is 11.0. The third-order valence-corrected chi connectivity index (χ3v) is 6.81. The summed E-state index contributed by atoms with van der Waals surface area (Å²) < 4.78 is 53.5. The van der Waals surface area contributed by atoms with Crippen LogP contribution in [0.3, 0.4) is 0 Å². The molecule has 1 saturated heterocycles. The number of hydrogen-bond acceptors (Lipinski definition) is 4. The Morgan fingerprint density at radius 3 is 2.00 bits per heavy atom. The Bertz CT molecular complexity index is 486. The Balaban J connectivity index is 1.35. The van der Waals surface area contributed by atoms with Crippen LogP contribution in [0, 0.1) is 23.7 Å². The summed E-state index contributed by atoms with van der Waals surface area (Å²) in [6.07, 6.45) is 4.12. The van der Waals surface area contributed by atoms with E-state index in [9.17, 15) is 18.0 Å². The van der Waals surface area contributed by atoms with Gasteiger partial charge in [-0.2, -0.15) is 13.2 Å². The second-order valence-electron chi connectivity index (χ2n) is 8.80. The van der Waals surface area contributed by atoms with Crippen molar-refractivity contribution >= 4 is 5.97 Å². The van der Waals surface area contributed by atoms with Gasteiger partial charge in [-0.05, 0) is 50.4 Å². The molecule has 4 nitrogen and oxygen atoms in total. The number of halogens is 3. The fourth-order valence-corrected chi connectivity index (χ4v) is 5.13. The number of carbonyl (C=O) groups excluding carboxylic acids is 1. The summed E-state index contributed by atoms with van der Waals surface area (Å²) in [6, 6.07) is 0. The third kappa shape index (κ3) is 5.85. The Hall–Kier alpha value is -0.820. The maximum Gasteiger partial charge on any atom is 0.490 e. The summed E-state index contributed by atoms with van der Waals surface area (Å²) in [5, 5.41) is 0. The number of ether oxygens (including phenoxy) is 3. The zero-order valence-corrected chi connectivity index (χ0v) is 16.7. The standard InChI is InChI=1S/C21H33F3O4/c1-2-3-14-4-6-15(7-5-14)17-12-26-19(27-13-17)16-8-10-18(11-9-16)28-20(25)21(22,23)24/h14-19H,2-13H2,1H3. The molecule has 162 valence electrons. The highest BCUT2D eigenvalue weighted by Crippen LogP contribution is 2.39. The van der Waals surface area contributed by atoms with E-state index >= 15 is 0 Å². The zero-order chi connectivity index (χ0) is 20.1. The predicted molar refractivity (Wildman–Crippen MR) is 97.4 cm³/mol. The first-order chi connectivity index (χ1) is 13.4. The molecule has 0 aromatic heterocycles. The molecule has 0 spiro atoms. The maximum atomic E-state index is 12.3. The summed E-state index contributed by atoms with van der Waals surface area (Å²) in [6.45, 7) is 3.69. The van der Waals surface area contributed by atoms with Crippen molar-refractivity contribution in [3.05, 3.63) is 0 Å². The van der Waals surface area contributed by atoms with Crippen molar-refractivity contribution in [3.63, 3.8) is 0 Å². The number of esters is 1. The van der Waals surface area contributed by atoms with Gasteiger partial charge < -0.3 is 14.2 Å². The lowest BCUT2D eigenvalue weighted by Gasteiger charge is -2.41. The Morgan fingerprint density at radius 1 is 0.893 bits per heavy atom. The van der Waals surface area contributed by atoms with E-state index in [0.717, 1.165) is 19.1 Å². The highest BCUT2D eigenvalue weighted by Gasteiger charge is 2.43. The van der Waals surface area contributed by atoms with Crippen LogP contribution in [0.15, 0.2) is 0 Å². The lowest BCUT2D eigenvalue weighted by molar-refractivity contribution is -0.239. The van der Waals surface area contributed by atoms with Gasteiger partial charge in [-0.25, -0.2) is 4.79 Å². The van der Waals surface area contributed by atoms with Gasteiger partial charge in [0.25, 0.3) is 0 Å². The summed E-state index contributed by atoms with van der Waals surface area (Å²) in [5.74, 6) is 0.121. The fourth-order valence-electron chi connectivity index (χ4n) is 5.13. The van der Waals surface area contributed by atoms with E-state index in [0.29, 0.717) is 37.5 Å². The molecular weight excluding hydrogens is 373 g/mol. The minimum absolute atomic E-state index is 0.169. The van der Waals surface area contributed by atoms with E-state index in [1.54, 1.807) is 0 Å². The van der Waals surface area contributed by atoms with E-state index in [4.69, 9.17) is 9.47 Å². The van der Waals surface area contributed by atoms with Crippen LogP contribution in [-0.4, -0.2) is 37.8 Å². The van der Waals surface area contributed by atoms with E-state index in [-0.39, 0.29) is 12.2 Å². The van der Waals surface area contributed by atoms with E-state index in [2.05, 4.69) is 11.7 Å². The molecule has 3 fully saturated rings. The predicted octanol–water partition coefficient (Wildman–Crippen LogP) is 5.25. The largest absolute Gasteiger partial charge is 0.490 e. The molecule has 0 unspecified atom stereocenters. The molecule has 2 aliphatic carbocycles. The molecule has 0 radical (unpaired) electrons. The van der Waals surface area contributed by atoms with Crippen molar-refractivity contribution in [1.29, 1.82) is 0 Å². The van der Waals surface area contributed by atoms with Crippen molar-refractivity contribution in [2.45, 2.75) is 89.7 Å². The fraction of sp³-hybridized carbons (Fsp3) is 0.952. The molecule has 0 N–H and O–H groups in total. The lowest BCUT2D eigenvalue weighted by Crippen LogP contribution is -2.42. The number of carbonyl (C=O) groups is 1. The molecule has 0 aromatic rings. The Morgan fingerprint density at radius 2 is 1.46 bits per heavy atom. The molecule has 7 heteroatoms. The SMILES string of the molecule is CCCC1CCC(C2COC(C3CCC(OC(=O)C(F)(F)F)CC3)OC2)CC1. The van der Waals surface area contributed by atoms with Crippen molar-refractivity contribution in [2.24, 2.45) is 23.7 Å². The average Bonchev–Trinajstić information content (AvgIpc) is 2.69. The van der Waals surface area contributed by atoms with Gasteiger partial charge in [-0.1, -0.05) is 32.6 Å². The normalized spacial score (nSPS) is 37.4. The smallest absolute Gasteiger partial charge is 0.456 e. The Labute approximate surface area is 165 Å². The minimum Gasteiger partial charge on any atom is -0.456 e. The highest BCUT2D eigenvalue weighted by molar-refractivity contribution is 5.75. The third-order valence-electron chi connectivity index (χ3n) is 6.81. The Kier molecular flexibility index (Phi) is 7.65. The minimum atomic E-state index is -4.92. The molecular formula is C21H33F3O4. The van der Waals surface area contributed by atoms with E-state index in [1.165, 1.54) is 38.5 Å². The van der Waals surface area contributed by atoms with Crippen LogP contribution in [0.4, 0.5) is 13.2 Å². The number of rotatable bonds is 5. The van der Waals surface area contributed by atoms with Crippen LogP contribution in [-0.2, 0) is 19.0 Å². The van der Waals surface area contributed by atoms with Crippen LogP contribution < -0.4 is 0 Å². The summed E-state index contributed by atoms with van der Waals surface area (Å²) in [5.41, 5.74) is 0. The van der Waals surface area contributed by atoms with Gasteiger partial charge in [0.2, 0.25) is 0 Å². The first-order valence-electron chi connectivity index (χ1n) is 10.9. The van der Waals surface area contributed by atoms with Crippen LogP contribution in [0.25, 0.3) is 0 Å².